The first-order valence-corrected chi connectivity index (χ1v) is 9.90. The smallest absolute Gasteiger partial charge is 0.437 e. The lowest BCUT2D eigenvalue weighted by atomic mass is 10.1. The summed E-state index contributed by atoms with van der Waals surface area (Å²) in [6, 6.07) is 0. The molecule has 0 atom stereocenters. The van der Waals surface area contributed by atoms with Gasteiger partial charge in [0.05, 0.1) is 6.61 Å². The minimum Gasteiger partial charge on any atom is -0.442 e. The number of guanidine groups is 1. The van der Waals surface area contributed by atoms with E-state index in [1.54, 1.807) is 20.8 Å². The van der Waals surface area contributed by atoms with Crippen molar-refractivity contribution in [3.63, 3.8) is 0 Å². The minimum absolute atomic E-state index is 0.191. The van der Waals surface area contributed by atoms with Crippen LogP contribution in [0.1, 0.15) is 89.6 Å². The van der Waals surface area contributed by atoms with Crippen molar-refractivity contribution in [2.75, 3.05) is 20.1 Å². The fourth-order valence-corrected chi connectivity index (χ4v) is 2.34. The Labute approximate surface area is 168 Å². The fourth-order valence-electron chi connectivity index (χ4n) is 2.34. The molecule has 0 aliphatic carbocycles. The lowest BCUT2D eigenvalue weighted by Crippen LogP contribution is -2.44. The summed E-state index contributed by atoms with van der Waals surface area (Å²) in [4.78, 5) is 28.7. The second-order valence-corrected chi connectivity index (χ2v) is 7.56. The largest absolute Gasteiger partial charge is 0.442 e. The number of ether oxygens (including phenoxy) is 1. The Morgan fingerprint density at radius 1 is 1.11 bits per heavy atom. The van der Waals surface area contributed by atoms with Gasteiger partial charge in [-0.1, -0.05) is 51.9 Å². The zero-order chi connectivity index (χ0) is 23.2. The van der Waals surface area contributed by atoms with Gasteiger partial charge in [-0.05, 0) is 27.2 Å². The molecule has 7 nitrogen and oxygen atoms in total. The monoisotopic (exact) mass is 388 g/mol. The van der Waals surface area contributed by atoms with E-state index in [2.05, 4.69) is 17.2 Å². The Bertz CT molecular complexity index is 546. The number of nitrogens with zero attached hydrogens (tertiary/aromatic N) is 2. The number of nitrogens with one attached hydrogen (secondary N) is 1. The quantitative estimate of drug-likeness (QED) is 0.319. The van der Waals surface area contributed by atoms with Crippen LogP contribution >= 0.6 is 0 Å². The Balaban J connectivity index is 4.91. The van der Waals surface area contributed by atoms with Crippen molar-refractivity contribution in [1.29, 1.82) is 0 Å². The highest BCUT2D eigenvalue weighted by molar-refractivity contribution is 6.00. The Hall–Kier alpha value is -1.63. The van der Waals surface area contributed by atoms with Gasteiger partial charge in [0.15, 0.2) is 0 Å². The number of aliphatic imine (C=N–C) groups is 1. The van der Waals surface area contributed by atoms with Crippen LogP contribution in [0.25, 0.3) is 0 Å². The van der Waals surface area contributed by atoms with Gasteiger partial charge in [0.1, 0.15) is 5.60 Å². The summed E-state index contributed by atoms with van der Waals surface area (Å²) >= 11 is 0. The minimum atomic E-state index is -2.70. The molecule has 0 radical (unpaired) electrons. The molecule has 0 aromatic heterocycles. The Morgan fingerprint density at radius 3 is 2.22 bits per heavy atom. The SMILES string of the molecule is [2H]C([2H])([2H])N(CCO)C(=NC(=O)OC(C)(C)C)NC(=O)CCCCCCCCCC. The van der Waals surface area contributed by atoms with Gasteiger partial charge in [-0.25, -0.2) is 4.79 Å². The lowest BCUT2D eigenvalue weighted by Gasteiger charge is -2.22. The van der Waals surface area contributed by atoms with Crippen LogP contribution in [0.15, 0.2) is 4.99 Å². The molecule has 0 aliphatic heterocycles. The van der Waals surface area contributed by atoms with Crippen molar-refractivity contribution >= 4 is 18.0 Å². The van der Waals surface area contributed by atoms with Gasteiger partial charge in [-0.15, -0.1) is 4.99 Å². The van der Waals surface area contributed by atoms with Gasteiger partial charge in [-0.3, -0.25) is 10.1 Å². The predicted octanol–water partition coefficient (Wildman–Crippen LogP) is 3.85. The number of hydrogen-bond donors (Lipinski definition) is 2. The number of carbonyl (C=O) groups is 2. The van der Waals surface area contributed by atoms with Crippen LogP contribution < -0.4 is 5.32 Å². The molecule has 0 saturated carbocycles. The third-order valence-corrected chi connectivity index (χ3v) is 3.68. The molecule has 0 aromatic rings. The van der Waals surface area contributed by atoms with Crippen molar-refractivity contribution in [2.24, 2.45) is 4.99 Å². The topological polar surface area (TPSA) is 91.2 Å². The van der Waals surface area contributed by atoms with Crippen LogP contribution in [-0.2, 0) is 9.53 Å². The first-order valence-electron chi connectivity index (χ1n) is 11.4. The number of unbranched alkanes of at least 4 members (excludes halogenated alkanes) is 7. The molecule has 0 unspecified atom stereocenters. The zero-order valence-corrected chi connectivity index (χ0v) is 17.3. The van der Waals surface area contributed by atoms with E-state index in [9.17, 15) is 14.7 Å². The normalized spacial score (nSPS) is 14.1. The molecule has 2 N–H and O–H groups in total. The molecule has 27 heavy (non-hydrogen) atoms. The molecule has 158 valence electrons. The summed E-state index contributed by atoms with van der Waals surface area (Å²) in [5.74, 6) is -0.877. The summed E-state index contributed by atoms with van der Waals surface area (Å²) in [6.45, 7) is 3.61. The number of carbonyl (C=O) groups excluding carboxylic acids is 2. The first-order chi connectivity index (χ1) is 13.9. The van der Waals surface area contributed by atoms with Crippen molar-refractivity contribution < 1.29 is 23.5 Å². The highest BCUT2D eigenvalue weighted by atomic mass is 16.6. The van der Waals surface area contributed by atoms with E-state index in [0.717, 1.165) is 19.3 Å². The number of amides is 2. The predicted molar refractivity (Wildman–Crippen MR) is 109 cm³/mol. The number of aliphatic hydroxyl groups is 1. The van der Waals surface area contributed by atoms with E-state index >= 15 is 0 Å². The number of aliphatic hydroxyl groups excluding tert-OH is 1. The standard InChI is InChI=1S/C20H39N3O4/c1-6-7-8-9-10-11-12-13-14-17(25)21-18(23(5)15-16-24)22-19(26)27-20(2,3)4/h24H,6-16H2,1-5H3,(H,21,22,25,26)/i5D3. The van der Waals surface area contributed by atoms with Crippen molar-refractivity contribution in [2.45, 2.75) is 91.1 Å². The molecule has 0 rings (SSSR count). The molecular formula is C20H39N3O4. The van der Waals surface area contributed by atoms with Gasteiger partial charge in [0.2, 0.25) is 11.9 Å². The average Bonchev–Trinajstić information content (AvgIpc) is 2.58. The highest BCUT2D eigenvalue weighted by Gasteiger charge is 2.18. The second kappa shape index (κ2) is 14.4. The zero-order valence-electron chi connectivity index (χ0n) is 20.3. The Morgan fingerprint density at radius 2 is 1.70 bits per heavy atom. The molecule has 0 heterocycles. The van der Waals surface area contributed by atoms with Crippen molar-refractivity contribution in [1.82, 2.24) is 10.2 Å². The van der Waals surface area contributed by atoms with Crippen LogP contribution in [-0.4, -0.2) is 53.7 Å². The van der Waals surface area contributed by atoms with E-state index in [1.807, 2.05) is 0 Å². The maximum absolute atomic E-state index is 12.3. The van der Waals surface area contributed by atoms with Crippen LogP contribution in [0.3, 0.4) is 0 Å². The van der Waals surface area contributed by atoms with E-state index in [0.29, 0.717) is 11.3 Å². The van der Waals surface area contributed by atoms with Crippen LogP contribution in [0.5, 0.6) is 0 Å². The summed E-state index contributed by atoms with van der Waals surface area (Å²) in [5, 5.41) is 11.6. The molecule has 0 aromatic carbocycles. The van der Waals surface area contributed by atoms with Crippen LogP contribution in [0.4, 0.5) is 4.79 Å². The van der Waals surface area contributed by atoms with Crippen LogP contribution in [0.2, 0.25) is 0 Å². The number of rotatable bonds is 11. The maximum atomic E-state index is 12.3. The summed E-state index contributed by atoms with van der Waals surface area (Å²) in [5.41, 5.74) is -0.825. The van der Waals surface area contributed by atoms with E-state index in [-0.39, 0.29) is 13.0 Å². The van der Waals surface area contributed by atoms with E-state index in [4.69, 9.17) is 8.85 Å². The van der Waals surface area contributed by atoms with Crippen LogP contribution in [0, 0.1) is 0 Å². The molecule has 0 saturated heterocycles. The van der Waals surface area contributed by atoms with Crippen molar-refractivity contribution in [3.05, 3.63) is 0 Å². The molecule has 0 fully saturated rings. The third kappa shape index (κ3) is 15.2. The van der Waals surface area contributed by atoms with Gasteiger partial charge in [-0.2, -0.15) is 0 Å². The number of hydrogen-bond acceptors (Lipinski definition) is 4. The fraction of sp³-hybridized carbons (Fsp3) is 0.850. The van der Waals surface area contributed by atoms with Gasteiger partial charge in [0, 0.05) is 24.1 Å². The average molecular weight is 389 g/mol. The van der Waals surface area contributed by atoms with Gasteiger partial charge < -0.3 is 14.7 Å². The van der Waals surface area contributed by atoms with Gasteiger partial charge in [0.25, 0.3) is 0 Å². The maximum Gasteiger partial charge on any atom is 0.437 e. The Kier molecular flexibility index (Phi) is 10.7. The molecule has 0 spiro atoms. The summed E-state index contributed by atoms with van der Waals surface area (Å²) < 4.78 is 27.9. The first kappa shape index (κ1) is 20.1. The molecule has 2 amide bonds. The summed E-state index contributed by atoms with van der Waals surface area (Å²) in [6.07, 6.45) is 7.79. The second-order valence-electron chi connectivity index (χ2n) is 7.56. The lowest BCUT2D eigenvalue weighted by molar-refractivity contribution is -0.119. The third-order valence-electron chi connectivity index (χ3n) is 3.68. The van der Waals surface area contributed by atoms with E-state index < -0.39 is 37.1 Å². The molecule has 7 heteroatoms. The van der Waals surface area contributed by atoms with E-state index in [1.165, 1.54) is 25.7 Å². The molecule has 0 bridgehead atoms. The molecular weight excluding hydrogens is 346 g/mol. The number of likely N-dealkylation sites (N-methyl/N-ethyl adjacent to an activating group) is 1. The van der Waals surface area contributed by atoms with Crippen molar-refractivity contribution in [3.8, 4) is 0 Å². The molecule has 0 aliphatic rings. The van der Waals surface area contributed by atoms with Gasteiger partial charge >= 0.3 is 6.09 Å². The summed E-state index contributed by atoms with van der Waals surface area (Å²) in [7, 11) is 0. The highest BCUT2D eigenvalue weighted by Crippen LogP contribution is 2.10.